The molecule has 1 amide bonds. The summed E-state index contributed by atoms with van der Waals surface area (Å²) in [5.41, 5.74) is 4.01. The number of hydrogen-bond donors (Lipinski definition) is 1. The average molecular weight is 390 g/mol. The number of carbonyl (C=O) groups excluding carboxylic acids is 1. The number of amides is 1. The van der Waals surface area contributed by atoms with E-state index in [0.29, 0.717) is 17.9 Å². The van der Waals surface area contributed by atoms with Crippen molar-refractivity contribution in [2.45, 2.75) is 18.3 Å². The van der Waals surface area contributed by atoms with Crippen LogP contribution in [-0.4, -0.2) is 17.0 Å². The number of carbonyl (C=O) groups is 2. The molecular weight excluding hydrogens is 374 g/mol. The van der Waals surface area contributed by atoms with Crippen molar-refractivity contribution in [3.63, 3.8) is 0 Å². The van der Waals surface area contributed by atoms with Gasteiger partial charge in [-0.15, -0.1) is 0 Å². The molecule has 3 aromatic carbocycles. The van der Waals surface area contributed by atoms with E-state index in [1.54, 1.807) is 17.0 Å². The quantitative estimate of drug-likeness (QED) is 0.687. The van der Waals surface area contributed by atoms with E-state index in [4.69, 9.17) is 11.6 Å². The van der Waals surface area contributed by atoms with Crippen molar-refractivity contribution < 1.29 is 14.7 Å². The Morgan fingerprint density at radius 2 is 1.71 bits per heavy atom. The molecule has 1 aliphatic heterocycles. The fraction of sp³-hybridized carbons (Fsp3) is 0.130. The second kappa shape index (κ2) is 5.94. The third-order valence-corrected chi connectivity index (χ3v) is 6.02. The molecule has 5 rings (SSSR count). The topological polar surface area (TPSA) is 57.6 Å². The molecule has 2 aliphatic rings. The molecule has 1 spiro atoms. The van der Waals surface area contributed by atoms with Gasteiger partial charge in [0.25, 0.3) is 0 Å². The summed E-state index contributed by atoms with van der Waals surface area (Å²) in [5.74, 6) is -0.955. The smallest absolute Gasteiger partial charge is 0.335 e. The highest BCUT2D eigenvalue weighted by molar-refractivity contribution is 6.31. The Morgan fingerprint density at radius 3 is 2.46 bits per heavy atom. The van der Waals surface area contributed by atoms with E-state index in [1.165, 1.54) is 0 Å². The van der Waals surface area contributed by atoms with Crippen LogP contribution >= 0.6 is 11.6 Å². The number of anilines is 2. The van der Waals surface area contributed by atoms with Crippen LogP contribution in [0, 0.1) is 0 Å². The average Bonchev–Trinajstić information content (AvgIpc) is 3.18. The molecule has 5 heteroatoms. The number of rotatable bonds is 2. The van der Waals surface area contributed by atoms with Gasteiger partial charge in [-0.25, -0.2) is 4.79 Å². The maximum absolute atomic E-state index is 13.8. The molecule has 1 heterocycles. The van der Waals surface area contributed by atoms with Crippen LogP contribution in [-0.2, 0) is 23.1 Å². The second-order valence-electron chi connectivity index (χ2n) is 7.36. The summed E-state index contributed by atoms with van der Waals surface area (Å²) in [5, 5.41) is 9.89. The number of halogens is 1. The monoisotopic (exact) mass is 389 g/mol. The summed E-state index contributed by atoms with van der Waals surface area (Å²) in [4.78, 5) is 26.9. The number of benzene rings is 3. The lowest BCUT2D eigenvalue weighted by Gasteiger charge is -2.23. The number of hydrogen-bond acceptors (Lipinski definition) is 2. The summed E-state index contributed by atoms with van der Waals surface area (Å²) in [6, 6.07) is 20.3. The van der Waals surface area contributed by atoms with Crippen LogP contribution in [0.4, 0.5) is 11.4 Å². The Morgan fingerprint density at radius 1 is 0.964 bits per heavy atom. The largest absolute Gasteiger partial charge is 0.478 e. The number of carboxylic acids is 1. The van der Waals surface area contributed by atoms with Gasteiger partial charge in [0.05, 0.1) is 16.7 Å². The van der Waals surface area contributed by atoms with Crippen molar-refractivity contribution >= 4 is 34.9 Å². The number of carboxylic acid groups (broad SMARTS) is 1. The van der Waals surface area contributed by atoms with Crippen LogP contribution < -0.4 is 4.90 Å². The van der Waals surface area contributed by atoms with Crippen molar-refractivity contribution in [3.05, 3.63) is 94.0 Å². The maximum Gasteiger partial charge on any atom is 0.335 e. The molecule has 4 nitrogen and oxygen atoms in total. The molecule has 138 valence electrons. The lowest BCUT2D eigenvalue weighted by atomic mass is 9.79. The summed E-state index contributed by atoms with van der Waals surface area (Å²) in [6.07, 6.45) is 1.04. The zero-order valence-corrected chi connectivity index (χ0v) is 15.6. The first-order valence-corrected chi connectivity index (χ1v) is 9.42. The summed E-state index contributed by atoms with van der Waals surface area (Å²) < 4.78 is 0. The molecule has 0 fully saturated rings. The van der Waals surface area contributed by atoms with Crippen LogP contribution in [0.5, 0.6) is 0 Å². The number of nitrogens with zero attached hydrogens (tertiary/aromatic N) is 1. The molecule has 0 bridgehead atoms. The van der Waals surface area contributed by atoms with Gasteiger partial charge in [-0.05, 0) is 65.9 Å². The van der Waals surface area contributed by atoms with E-state index < -0.39 is 11.4 Å². The Hall–Kier alpha value is -3.11. The molecular formula is C23H16ClNO3. The van der Waals surface area contributed by atoms with Gasteiger partial charge < -0.3 is 5.11 Å². The first-order valence-electron chi connectivity index (χ1n) is 9.04. The number of para-hydroxylation sites is 1. The van der Waals surface area contributed by atoms with Crippen LogP contribution in [0.2, 0.25) is 5.02 Å². The Balaban J connectivity index is 1.67. The summed E-state index contributed by atoms with van der Waals surface area (Å²) in [6.45, 7) is 0. The van der Waals surface area contributed by atoms with Gasteiger partial charge in [-0.2, -0.15) is 0 Å². The van der Waals surface area contributed by atoms with Crippen molar-refractivity contribution in [1.29, 1.82) is 0 Å². The van der Waals surface area contributed by atoms with Gasteiger partial charge in [0.1, 0.15) is 0 Å². The van der Waals surface area contributed by atoms with Gasteiger partial charge in [-0.1, -0.05) is 41.9 Å². The minimum absolute atomic E-state index is 0.00374. The molecule has 1 unspecified atom stereocenters. The summed E-state index contributed by atoms with van der Waals surface area (Å²) in [7, 11) is 0. The standard InChI is InChI=1S/C23H16ClNO3/c24-17-8-9-19-20(11-17)25(18-4-2-1-3-5-18)22(28)23(19)12-15-7-6-14(21(26)27)10-16(15)13-23/h1-11H,12-13H2,(H,26,27). The van der Waals surface area contributed by atoms with Crippen molar-refractivity contribution in [1.82, 2.24) is 0 Å². The SMILES string of the molecule is O=C(O)c1ccc2c(c1)CC1(C2)C(=O)N(c2ccccc2)c2cc(Cl)ccc21. The van der Waals surface area contributed by atoms with Gasteiger partial charge >= 0.3 is 5.97 Å². The molecule has 0 radical (unpaired) electrons. The predicted octanol–water partition coefficient (Wildman–Crippen LogP) is 4.75. The minimum atomic E-state index is -0.959. The van der Waals surface area contributed by atoms with Crippen LogP contribution in [0.3, 0.4) is 0 Å². The Labute approximate surface area is 167 Å². The summed E-state index contributed by atoms with van der Waals surface area (Å²) >= 11 is 6.26. The van der Waals surface area contributed by atoms with E-state index in [-0.39, 0.29) is 11.5 Å². The lowest BCUT2D eigenvalue weighted by Crippen LogP contribution is -2.39. The van der Waals surface area contributed by atoms with Crippen molar-refractivity contribution in [2.75, 3.05) is 4.90 Å². The van der Waals surface area contributed by atoms with Gasteiger partial charge in [0.15, 0.2) is 0 Å². The van der Waals surface area contributed by atoms with Gasteiger partial charge in [-0.3, -0.25) is 9.69 Å². The first-order chi connectivity index (χ1) is 13.5. The van der Waals surface area contributed by atoms with Gasteiger partial charge in [0.2, 0.25) is 5.91 Å². The van der Waals surface area contributed by atoms with Crippen LogP contribution in [0.15, 0.2) is 66.7 Å². The molecule has 1 N–H and O–H groups in total. The highest BCUT2D eigenvalue weighted by Gasteiger charge is 2.54. The van der Waals surface area contributed by atoms with E-state index in [0.717, 1.165) is 28.1 Å². The van der Waals surface area contributed by atoms with Gasteiger partial charge in [0, 0.05) is 10.7 Å². The van der Waals surface area contributed by atoms with Crippen LogP contribution in [0.25, 0.3) is 0 Å². The molecule has 1 aliphatic carbocycles. The van der Waals surface area contributed by atoms with E-state index in [1.807, 2.05) is 54.6 Å². The molecule has 28 heavy (non-hydrogen) atoms. The van der Waals surface area contributed by atoms with E-state index >= 15 is 0 Å². The van der Waals surface area contributed by atoms with Crippen molar-refractivity contribution in [2.24, 2.45) is 0 Å². The molecule has 0 aromatic heterocycles. The zero-order valence-electron chi connectivity index (χ0n) is 14.9. The highest BCUT2D eigenvalue weighted by Crippen LogP contribution is 2.52. The zero-order chi connectivity index (χ0) is 19.5. The fourth-order valence-corrected chi connectivity index (χ4v) is 4.68. The first kappa shape index (κ1) is 17.0. The lowest BCUT2D eigenvalue weighted by molar-refractivity contribution is -0.122. The number of fused-ring (bicyclic) bond motifs is 3. The minimum Gasteiger partial charge on any atom is -0.478 e. The fourth-order valence-electron chi connectivity index (χ4n) is 4.52. The third-order valence-electron chi connectivity index (χ3n) is 5.78. The van der Waals surface area contributed by atoms with Crippen molar-refractivity contribution in [3.8, 4) is 0 Å². The van der Waals surface area contributed by atoms with E-state index in [9.17, 15) is 14.7 Å². The molecule has 3 aromatic rings. The third kappa shape index (κ3) is 2.31. The number of aromatic carboxylic acids is 1. The molecule has 0 saturated heterocycles. The van der Waals surface area contributed by atoms with E-state index in [2.05, 4.69) is 0 Å². The second-order valence-corrected chi connectivity index (χ2v) is 7.80. The normalized spacial score (nSPS) is 19.8. The highest BCUT2D eigenvalue weighted by atomic mass is 35.5. The Kier molecular flexibility index (Phi) is 3.61. The van der Waals surface area contributed by atoms with Crippen LogP contribution in [0.1, 0.15) is 27.0 Å². The maximum atomic E-state index is 13.8. The predicted molar refractivity (Wildman–Crippen MR) is 108 cm³/mol. The Bertz CT molecular complexity index is 1140. The molecule has 1 atom stereocenters. The molecule has 0 saturated carbocycles.